The molecule has 168 valence electrons. The van der Waals surface area contributed by atoms with Crippen molar-refractivity contribution in [3.05, 3.63) is 0 Å². The van der Waals surface area contributed by atoms with Crippen molar-refractivity contribution in [2.75, 3.05) is 12.3 Å². The summed E-state index contributed by atoms with van der Waals surface area (Å²) in [5.74, 6) is -2.56. The van der Waals surface area contributed by atoms with Crippen molar-refractivity contribution in [2.45, 2.75) is 77.4 Å². The third kappa shape index (κ3) is 16.3. The predicted octanol–water partition coefficient (Wildman–Crippen LogP) is 4.00. The zero-order valence-electron chi connectivity index (χ0n) is 17.9. The maximum absolute atomic E-state index is 12.0. The molecule has 9 heteroatoms. The lowest BCUT2D eigenvalue weighted by atomic mass is 9.95. The molecule has 0 saturated carbocycles. The van der Waals surface area contributed by atoms with Crippen LogP contribution in [-0.2, 0) is 19.2 Å². The molecule has 0 bridgehead atoms. The van der Waals surface area contributed by atoms with Crippen LogP contribution in [0.5, 0.6) is 0 Å². The molecule has 0 aliphatic rings. The van der Waals surface area contributed by atoms with Crippen LogP contribution in [0.4, 0.5) is 0 Å². The molecule has 0 aliphatic heterocycles. The molecule has 0 aromatic carbocycles. The van der Waals surface area contributed by atoms with E-state index in [0.717, 1.165) is 18.6 Å². The van der Waals surface area contributed by atoms with E-state index in [1.165, 1.54) is 0 Å². The average Bonchev–Trinajstić information content (AvgIpc) is 2.59. The fraction of sp³-hybridized carbons (Fsp3) is 0.800. The Labute approximate surface area is 181 Å². The van der Waals surface area contributed by atoms with Gasteiger partial charge in [-0.15, -0.1) is 0 Å². The first-order chi connectivity index (χ1) is 13.4. The molecule has 2 atom stereocenters. The summed E-state index contributed by atoms with van der Waals surface area (Å²) in [5, 5.41) is 20.6. The summed E-state index contributed by atoms with van der Waals surface area (Å²) in [7, 11) is 3.47. The van der Waals surface area contributed by atoms with E-state index in [0.29, 0.717) is 13.0 Å². The highest BCUT2D eigenvalue weighted by Gasteiger charge is 2.22. The minimum absolute atomic E-state index is 0.0332. The lowest BCUT2D eigenvalue weighted by Gasteiger charge is -2.18. The van der Waals surface area contributed by atoms with Crippen molar-refractivity contribution < 1.29 is 29.4 Å². The molecule has 0 heterocycles. The van der Waals surface area contributed by atoms with Crippen LogP contribution in [0.3, 0.4) is 0 Å². The van der Waals surface area contributed by atoms with E-state index >= 15 is 0 Å². The van der Waals surface area contributed by atoms with Crippen LogP contribution in [0.2, 0.25) is 0 Å². The number of carboxylic acid groups (broad SMARTS) is 2. The Balaban J connectivity index is 3.89. The average molecular weight is 450 g/mol. The number of rotatable bonds is 16. The number of ketones is 1. The molecule has 0 fully saturated rings. The fourth-order valence-corrected chi connectivity index (χ4v) is 5.04. The van der Waals surface area contributed by atoms with Crippen molar-refractivity contribution in [1.29, 1.82) is 0 Å². The summed E-state index contributed by atoms with van der Waals surface area (Å²) in [6.45, 7) is 8.88. The van der Waals surface area contributed by atoms with Gasteiger partial charge in [0.15, 0.2) is 0 Å². The smallest absolute Gasteiger partial charge is 0.306 e. The van der Waals surface area contributed by atoms with E-state index < -0.39 is 17.9 Å². The fourth-order valence-electron chi connectivity index (χ4n) is 2.39. The number of carboxylic acids is 2. The van der Waals surface area contributed by atoms with Crippen LogP contribution >= 0.6 is 21.6 Å². The summed E-state index contributed by atoms with van der Waals surface area (Å²) in [6.07, 6.45) is 2.03. The normalized spacial score (nSPS) is 13.5. The number of unbranched alkanes of at least 4 members (excludes halogenated alkanes) is 2. The highest BCUT2D eigenvalue weighted by atomic mass is 33.1. The molecular formula is C20H35NO6S2. The first kappa shape index (κ1) is 27.8. The van der Waals surface area contributed by atoms with E-state index in [9.17, 15) is 19.2 Å². The van der Waals surface area contributed by atoms with Crippen LogP contribution in [-0.4, -0.2) is 50.9 Å². The molecule has 7 nitrogen and oxygen atoms in total. The number of carbonyl (C=O) groups excluding carboxylic acids is 2. The van der Waals surface area contributed by atoms with E-state index in [1.54, 1.807) is 21.6 Å². The lowest BCUT2D eigenvalue weighted by molar-refractivity contribution is -0.145. The first-order valence-electron chi connectivity index (χ1n) is 9.97. The Morgan fingerprint density at radius 3 is 2.21 bits per heavy atom. The van der Waals surface area contributed by atoms with Crippen molar-refractivity contribution in [3.8, 4) is 0 Å². The van der Waals surface area contributed by atoms with Gasteiger partial charge in [-0.2, -0.15) is 0 Å². The van der Waals surface area contributed by atoms with Gasteiger partial charge in [-0.05, 0) is 19.3 Å². The molecule has 2 unspecified atom stereocenters. The topological polar surface area (TPSA) is 121 Å². The Bertz CT molecular complexity index is 548. The zero-order chi connectivity index (χ0) is 22.4. The molecular weight excluding hydrogens is 414 g/mol. The van der Waals surface area contributed by atoms with Gasteiger partial charge in [0.2, 0.25) is 5.91 Å². The van der Waals surface area contributed by atoms with Gasteiger partial charge in [0.05, 0.1) is 5.92 Å². The SMILES string of the molecule is CC(CSSC(C)(C)C)C(=O)NCCCCCC(=O)CC(CCC(=O)O)C(=O)O. The number of amides is 1. The molecule has 0 saturated heterocycles. The molecule has 0 rings (SSSR count). The zero-order valence-corrected chi connectivity index (χ0v) is 19.5. The third-order valence-electron chi connectivity index (χ3n) is 4.04. The summed E-state index contributed by atoms with van der Waals surface area (Å²) < 4.78 is 0.166. The maximum Gasteiger partial charge on any atom is 0.306 e. The Hall–Kier alpha value is -1.22. The summed E-state index contributed by atoms with van der Waals surface area (Å²) in [6, 6.07) is 0. The Morgan fingerprint density at radius 2 is 1.66 bits per heavy atom. The van der Waals surface area contributed by atoms with E-state index in [1.807, 2.05) is 6.92 Å². The number of aliphatic carboxylic acids is 2. The Morgan fingerprint density at radius 1 is 1.00 bits per heavy atom. The van der Waals surface area contributed by atoms with Gasteiger partial charge >= 0.3 is 11.9 Å². The molecule has 0 aromatic rings. The quantitative estimate of drug-likeness (QED) is 0.239. The predicted molar refractivity (Wildman–Crippen MR) is 118 cm³/mol. The molecule has 3 N–H and O–H groups in total. The van der Waals surface area contributed by atoms with Crippen molar-refractivity contribution in [3.63, 3.8) is 0 Å². The van der Waals surface area contributed by atoms with Gasteiger partial charge in [-0.1, -0.05) is 55.7 Å². The van der Waals surface area contributed by atoms with E-state index in [2.05, 4.69) is 26.1 Å². The highest BCUT2D eigenvalue weighted by molar-refractivity contribution is 8.77. The summed E-state index contributed by atoms with van der Waals surface area (Å²) in [5.41, 5.74) is 0. The van der Waals surface area contributed by atoms with Crippen LogP contribution in [0.15, 0.2) is 0 Å². The van der Waals surface area contributed by atoms with Crippen molar-refractivity contribution >= 4 is 45.2 Å². The molecule has 0 aliphatic carbocycles. The minimum Gasteiger partial charge on any atom is -0.481 e. The standard InChI is InChI=1S/C20H35NO6S2/c1-14(13-28-29-20(2,3)4)18(25)21-11-7-5-6-8-16(22)12-15(19(26)27)9-10-17(23)24/h14-15H,5-13H2,1-4H3,(H,21,25)(H,23,24)(H,26,27). The number of hydrogen-bond donors (Lipinski definition) is 3. The number of carbonyl (C=O) groups is 4. The van der Waals surface area contributed by atoms with Gasteiger partial charge in [0, 0.05) is 42.2 Å². The molecule has 0 radical (unpaired) electrons. The van der Waals surface area contributed by atoms with Gasteiger partial charge < -0.3 is 15.5 Å². The van der Waals surface area contributed by atoms with E-state index in [4.69, 9.17) is 10.2 Å². The van der Waals surface area contributed by atoms with Crippen LogP contribution < -0.4 is 5.32 Å². The van der Waals surface area contributed by atoms with Crippen LogP contribution in [0, 0.1) is 11.8 Å². The molecule has 0 spiro atoms. The molecule has 0 aromatic heterocycles. The largest absolute Gasteiger partial charge is 0.481 e. The van der Waals surface area contributed by atoms with E-state index in [-0.39, 0.29) is 48.0 Å². The number of nitrogens with one attached hydrogen (secondary N) is 1. The van der Waals surface area contributed by atoms with Crippen LogP contribution in [0.1, 0.15) is 72.6 Å². The number of Topliss-reactive ketones (excluding diaryl/α,β-unsaturated/α-hetero) is 1. The van der Waals surface area contributed by atoms with Gasteiger partial charge in [-0.3, -0.25) is 19.2 Å². The van der Waals surface area contributed by atoms with Crippen LogP contribution in [0.25, 0.3) is 0 Å². The van der Waals surface area contributed by atoms with Gasteiger partial charge in [0.1, 0.15) is 5.78 Å². The van der Waals surface area contributed by atoms with Crippen molar-refractivity contribution in [2.24, 2.45) is 11.8 Å². The van der Waals surface area contributed by atoms with Gasteiger partial charge in [-0.25, -0.2) is 0 Å². The second-order valence-electron chi connectivity index (χ2n) is 8.19. The lowest BCUT2D eigenvalue weighted by Crippen LogP contribution is -2.31. The summed E-state index contributed by atoms with van der Waals surface area (Å²) >= 11 is 0. The minimum atomic E-state index is -1.13. The maximum atomic E-state index is 12.0. The Kier molecular flexibility index (Phi) is 14.1. The van der Waals surface area contributed by atoms with Crippen molar-refractivity contribution in [1.82, 2.24) is 5.32 Å². The second-order valence-corrected chi connectivity index (χ2v) is 11.4. The summed E-state index contributed by atoms with van der Waals surface area (Å²) in [4.78, 5) is 45.6. The first-order valence-corrected chi connectivity index (χ1v) is 12.3. The monoisotopic (exact) mass is 449 g/mol. The third-order valence-corrected chi connectivity index (χ3v) is 7.55. The molecule has 29 heavy (non-hydrogen) atoms. The number of hydrogen-bond acceptors (Lipinski definition) is 6. The molecule has 1 amide bonds. The van der Waals surface area contributed by atoms with Gasteiger partial charge in [0.25, 0.3) is 0 Å². The second kappa shape index (κ2) is 14.7. The highest BCUT2D eigenvalue weighted by Crippen LogP contribution is 2.36.